The Morgan fingerprint density at radius 2 is 1.68 bits per heavy atom. The number of rotatable bonds is 7. The van der Waals surface area contributed by atoms with Crippen molar-refractivity contribution >= 4 is 67.1 Å². The van der Waals surface area contributed by atoms with Gasteiger partial charge in [-0.15, -0.1) is 10.2 Å². The van der Waals surface area contributed by atoms with Crippen molar-refractivity contribution in [1.29, 1.82) is 0 Å². The van der Waals surface area contributed by atoms with Gasteiger partial charge >= 0.3 is 0 Å². The second-order valence-electron chi connectivity index (χ2n) is 8.09. The van der Waals surface area contributed by atoms with E-state index in [1.807, 2.05) is 6.92 Å². The molecule has 0 atom stereocenters. The van der Waals surface area contributed by atoms with Crippen LogP contribution in [-0.4, -0.2) is 30.6 Å². The summed E-state index contributed by atoms with van der Waals surface area (Å²) in [5, 5.41) is 23.0. The first kappa shape index (κ1) is 27.3. The van der Waals surface area contributed by atoms with Gasteiger partial charge in [0.2, 0.25) is 0 Å². The largest absolute Gasteiger partial charge is 0.505 e. The minimum atomic E-state index is -4.70. The number of halogens is 2. The van der Waals surface area contributed by atoms with E-state index in [-0.39, 0.29) is 38.2 Å². The first-order chi connectivity index (χ1) is 18.0. The predicted molar refractivity (Wildman–Crippen MR) is 146 cm³/mol. The van der Waals surface area contributed by atoms with Gasteiger partial charge in [-0.3, -0.25) is 9.35 Å². The van der Waals surface area contributed by atoms with Crippen molar-refractivity contribution in [3.8, 4) is 11.5 Å². The summed E-state index contributed by atoms with van der Waals surface area (Å²) in [4.78, 5) is 12.7. The van der Waals surface area contributed by atoms with E-state index in [1.54, 1.807) is 42.5 Å². The molecule has 9 nitrogen and oxygen atoms in total. The number of aromatic hydroxyl groups is 1. The van der Waals surface area contributed by atoms with E-state index in [2.05, 4.69) is 15.5 Å². The minimum absolute atomic E-state index is 0.0894. The van der Waals surface area contributed by atoms with E-state index in [9.17, 15) is 22.9 Å². The zero-order valence-electron chi connectivity index (χ0n) is 20.1. The zero-order chi connectivity index (χ0) is 27.6. The molecular weight excluding hydrogens is 553 g/mol. The maximum atomic E-state index is 13.2. The number of ether oxygens (including phenoxy) is 1. The quantitative estimate of drug-likeness (QED) is 0.155. The summed E-state index contributed by atoms with van der Waals surface area (Å²) < 4.78 is 39.2. The third-order valence-electron chi connectivity index (χ3n) is 5.52. The van der Waals surface area contributed by atoms with Crippen LogP contribution in [0.4, 0.5) is 17.1 Å². The van der Waals surface area contributed by atoms with Crippen LogP contribution < -0.4 is 10.1 Å². The molecule has 0 aliphatic heterocycles. The van der Waals surface area contributed by atoms with Gasteiger partial charge in [0, 0.05) is 11.5 Å². The first-order valence-corrected chi connectivity index (χ1v) is 13.4. The molecule has 0 radical (unpaired) electrons. The lowest BCUT2D eigenvalue weighted by molar-refractivity contribution is 0.102. The predicted octanol–water partition coefficient (Wildman–Crippen LogP) is 7.47. The molecule has 0 aromatic heterocycles. The molecule has 0 fully saturated rings. The van der Waals surface area contributed by atoms with Crippen LogP contribution in [-0.2, 0) is 10.1 Å². The topological polar surface area (TPSA) is 138 Å². The molecule has 4 aromatic rings. The zero-order valence-corrected chi connectivity index (χ0v) is 22.4. The molecule has 0 heterocycles. The maximum Gasteiger partial charge on any atom is 0.297 e. The molecule has 0 saturated heterocycles. The van der Waals surface area contributed by atoms with Crippen molar-refractivity contribution in [2.45, 2.75) is 18.7 Å². The lowest BCUT2D eigenvalue weighted by Gasteiger charge is -2.13. The monoisotopic (exact) mass is 573 g/mol. The third-order valence-corrected chi connectivity index (χ3v) is 7.19. The van der Waals surface area contributed by atoms with Crippen LogP contribution in [0.25, 0.3) is 10.8 Å². The van der Waals surface area contributed by atoms with Crippen molar-refractivity contribution < 1.29 is 27.6 Å². The van der Waals surface area contributed by atoms with E-state index >= 15 is 0 Å². The Morgan fingerprint density at radius 1 is 1.00 bits per heavy atom. The number of carbonyl (C=O) groups excluding carboxylic acids is 1. The van der Waals surface area contributed by atoms with Gasteiger partial charge in [0.15, 0.2) is 5.75 Å². The fraction of sp³-hybridized carbons (Fsp3) is 0.115. The van der Waals surface area contributed by atoms with Gasteiger partial charge in [-0.1, -0.05) is 53.5 Å². The molecule has 0 aliphatic rings. The molecule has 38 heavy (non-hydrogen) atoms. The van der Waals surface area contributed by atoms with E-state index in [1.165, 1.54) is 25.1 Å². The molecule has 4 rings (SSSR count). The summed E-state index contributed by atoms with van der Waals surface area (Å²) in [6.45, 7) is 3.69. The standard InChI is InChI=1S/C26H21Cl2N3O6S/c1-3-37-16-9-11-19(27)21(13-16)29-26(33)18-12-15-6-4-5-7-17(15)22(24(18)32)30-31-23-20(28)10-8-14(2)25(23)38(34,35)36/h4-13,32H,3H2,1-2H3,(H,29,33)(H,34,35,36). The molecule has 196 valence electrons. The average molecular weight is 574 g/mol. The highest BCUT2D eigenvalue weighted by Crippen LogP contribution is 2.42. The Kier molecular flexibility index (Phi) is 7.89. The lowest BCUT2D eigenvalue weighted by Crippen LogP contribution is -2.12. The van der Waals surface area contributed by atoms with Crippen LogP contribution >= 0.6 is 23.2 Å². The number of carbonyl (C=O) groups is 1. The molecule has 1 amide bonds. The summed E-state index contributed by atoms with van der Waals surface area (Å²) in [6, 6.07) is 15.9. The van der Waals surface area contributed by atoms with Crippen LogP contribution in [0.15, 0.2) is 75.8 Å². The van der Waals surface area contributed by atoms with Crippen molar-refractivity contribution in [3.63, 3.8) is 0 Å². The van der Waals surface area contributed by atoms with Gasteiger partial charge in [-0.25, -0.2) is 0 Å². The summed E-state index contributed by atoms with van der Waals surface area (Å²) >= 11 is 12.4. The molecule has 0 saturated carbocycles. The molecular formula is C26H21Cl2N3O6S. The van der Waals surface area contributed by atoms with E-state index in [0.717, 1.165) is 0 Å². The number of azo groups is 1. The van der Waals surface area contributed by atoms with Gasteiger partial charge in [0.1, 0.15) is 22.0 Å². The smallest absolute Gasteiger partial charge is 0.297 e. The summed E-state index contributed by atoms with van der Waals surface area (Å²) in [5.41, 5.74) is -0.101. The average Bonchev–Trinajstić information content (AvgIpc) is 2.86. The van der Waals surface area contributed by atoms with Crippen molar-refractivity contribution in [3.05, 3.63) is 81.8 Å². The van der Waals surface area contributed by atoms with Crippen molar-refractivity contribution in [2.75, 3.05) is 11.9 Å². The molecule has 0 aliphatic carbocycles. The fourth-order valence-corrected chi connectivity index (χ4v) is 5.09. The maximum absolute atomic E-state index is 13.2. The van der Waals surface area contributed by atoms with Crippen molar-refractivity contribution in [1.82, 2.24) is 0 Å². The Bertz CT molecular complexity index is 1710. The SMILES string of the molecule is CCOc1ccc(Cl)c(NC(=O)c2cc3ccccc3c(N=Nc3c(Cl)ccc(C)c3S(=O)(=O)O)c2O)c1. The number of phenolic OH excluding ortho intramolecular Hbond substituents is 1. The van der Waals surface area contributed by atoms with Crippen LogP contribution in [0.5, 0.6) is 11.5 Å². The highest BCUT2D eigenvalue weighted by atomic mass is 35.5. The first-order valence-electron chi connectivity index (χ1n) is 11.2. The molecule has 3 N–H and O–H groups in total. The normalized spacial score (nSPS) is 11.7. The Labute approximate surface area is 228 Å². The number of benzene rings is 4. The van der Waals surface area contributed by atoms with Gasteiger partial charge in [0.05, 0.1) is 27.9 Å². The highest BCUT2D eigenvalue weighted by Gasteiger charge is 2.23. The van der Waals surface area contributed by atoms with Gasteiger partial charge < -0.3 is 15.2 Å². The number of nitrogens with one attached hydrogen (secondary N) is 1. The second kappa shape index (κ2) is 11.0. The second-order valence-corrected chi connectivity index (χ2v) is 10.3. The van der Waals surface area contributed by atoms with Crippen LogP contribution in [0, 0.1) is 6.92 Å². The number of hydrogen-bond donors (Lipinski definition) is 3. The van der Waals surface area contributed by atoms with Gasteiger partial charge in [-0.2, -0.15) is 8.42 Å². The van der Waals surface area contributed by atoms with E-state index in [0.29, 0.717) is 23.1 Å². The summed E-state index contributed by atoms with van der Waals surface area (Å²) in [7, 11) is -4.70. The molecule has 4 aromatic carbocycles. The third kappa shape index (κ3) is 5.58. The number of hydrogen-bond acceptors (Lipinski definition) is 7. The minimum Gasteiger partial charge on any atom is -0.505 e. The number of anilines is 1. The fourth-order valence-electron chi connectivity index (χ4n) is 3.80. The summed E-state index contributed by atoms with van der Waals surface area (Å²) in [5.74, 6) is -0.708. The lowest BCUT2D eigenvalue weighted by atomic mass is 10.0. The number of aryl methyl sites for hydroxylation is 1. The van der Waals surface area contributed by atoms with E-state index < -0.39 is 26.7 Å². The molecule has 0 bridgehead atoms. The van der Waals surface area contributed by atoms with Crippen LogP contribution in [0.3, 0.4) is 0 Å². The number of nitrogens with zero attached hydrogens (tertiary/aromatic N) is 2. The molecule has 0 unspecified atom stereocenters. The Morgan fingerprint density at radius 3 is 2.39 bits per heavy atom. The summed E-state index contributed by atoms with van der Waals surface area (Å²) in [6.07, 6.45) is 0. The van der Waals surface area contributed by atoms with Gasteiger partial charge in [-0.05, 0) is 49.1 Å². The molecule has 12 heteroatoms. The number of phenols is 1. The van der Waals surface area contributed by atoms with Crippen LogP contribution in [0.2, 0.25) is 10.0 Å². The molecule has 0 spiro atoms. The highest BCUT2D eigenvalue weighted by molar-refractivity contribution is 7.86. The van der Waals surface area contributed by atoms with Gasteiger partial charge in [0.25, 0.3) is 16.0 Å². The van der Waals surface area contributed by atoms with Crippen LogP contribution in [0.1, 0.15) is 22.8 Å². The van der Waals surface area contributed by atoms with E-state index in [4.69, 9.17) is 27.9 Å². The number of fused-ring (bicyclic) bond motifs is 1. The Balaban J connectivity index is 1.84. The number of amides is 1. The van der Waals surface area contributed by atoms with Crippen molar-refractivity contribution in [2.24, 2.45) is 10.2 Å². The Hall–Kier alpha value is -3.70.